The number of para-hydroxylation sites is 1. The van der Waals surface area contributed by atoms with E-state index < -0.39 is 5.24 Å². The van der Waals surface area contributed by atoms with Crippen molar-refractivity contribution in [3.05, 3.63) is 214 Å². The van der Waals surface area contributed by atoms with Crippen molar-refractivity contribution in [3.8, 4) is 0 Å². The molecular formula is C51H49ClN10O4. The maximum atomic E-state index is 13.3. The predicted molar refractivity (Wildman–Crippen MR) is 255 cm³/mol. The lowest BCUT2D eigenvalue weighted by Gasteiger charge is -2.29. The maximum Gasteiger partial charge on any atom is 0.276 e. The SMILES string of the molecule is Cc1cccc(NC(=O)c2nc(Cc3ccccc3)n3c2CN(C(=O)c2ccc[nH]2)CC3)c1.O=C(Cl)c1ccc[nH]1.O=C(Nc1ccccc1)c1nc(Cc2ccccc2)n2c1CNCC2. The van der Waals surface area contributed by atoms with Crippen LogP contribution in [0.1, 0.15) is 81.7 Å². The molecule has 66 heavy (non-hydrogen) atoms. The Morgan fingerprint density at radius 2 is 1.15 bits per heavy atom. The number of aryl methyl sites for hydroxylation is 1. The van der Waals surface area contributed by atoms with Crippen LogP contribution in [0.3, 0.4) is 0 Å². The summed E-state index contributed by atoms with van der Waals surface area (Å²) in [6.07, 6.45) is 4.73. The Bertz CT molecular complexity index is 2890. The van der Waals surface area contributed by atoms with Crippen LogP contribution in [0.15, 0.2) is 152 Å². The highest BCUT2D eigenvalue weighted by molar-refractivity contribution is 6.67. The molecule has 5 N–H and O–H groups in total. The number of rotatable bonds is 10. The molecule has 14 nitrogen and oxygen atoms in total. The third-order valence-corrected chi connectivity index (χ3v) is 11.3. The fourth-order valence-corrected chi connectivity index (χ4v) is 8.01. The van der Waals surface area contributed by atoms with Crippen LogP contribution in [-0.4, -0.2) is 70.0 Å². The Labute approximate surface area is 387 Å². The molecule has 0 unspecified atom stereocenters. The van der Waals surface area contributed by atoms with E-state index in [2.05, 4.69) is 59.3 Å². The zero-order chi connectivity index (χ0) is 45.8. The second-order valence-corrected chi connectivity index (χ2v) is 16.1. The first kappa shape index (κ1) is 44.8. The topological polar surface area (TPSA) is 175 Å². The number of nitrogens with one attached hydrogen (secondary N) is 5. The normalized spacial score (nSPS) is 12.6. The van der Waals surface area contributed by atoms with Gasteiger partial charge in [0, 0.05) is 69.3 Å². The number of carbonyl (C=O) groups excluding carboxylic acids is 4. The van der Waals surface area contributed by atoms with Crippen molar-refractivity contribution >= 4 is 45.9 Å². The molecule has 0 fully saturated rings. The van der Waals surface area contributed by atoms with Crippen molar-refractivity contribution in [2.45, 2.75) is 45.9 Å². The Morgan fingerprint density at radius 3 is 1.71 bits per heavy atom. The van der Waals surface area contributed by atoms with Crippen molar-refractivity contribution < 1.29 is 19.2 Å². The van der Waals surface area contributed by atoms with Gasteiger partial charge in [-0.05, 0) is 83.7 Å². The van der Waals surface area contributed by atoms with Crippen molar-refractivity contribution in [3.63, 3.8) is 0 Å². The molecule has 0 radical (unpaired) electrons. The van der Waals surface area contributed by atoms with Crippen LogP contribution in [-0.2, 0) is 39.0 Å². The number of aromatic amines is 2. The summed E-state index contributed by atoms with van der Waals surface area (Å²) in [5.74, 6) is 1.27. The molecule has 8 aromatic rings. The molecule has 0 saturated carbocycles. The molecule has 15 heteroatoms. The number of benzene rings is 4. The first-order valence-electron chi connectivity index (χ1n) is 21.7. The minimum absolute atomic E-state index is 0.0814. The molecule has 2 aliphatic rings. The van der Waals surface area contributed by atoms with Crippen molar-refractivity contribution in [1.82, 2.24) is 39.3 Å². The summed E-state index contributed by atoms with van der Waals surface area (Å²) in [5.41, 5.74) is 8.47. The third-order valence-electron chi connectivity index (χ3n) is 11.1. The average molecular weight is 901 g/mol. The number of hydrogen-bond acceptors (Lipinski definition) is 7. The average Bonchev–Trinajstić information content (AvgIpc) is 4.19. The second-order valence-electron chi connectivity index (χ2n) is 15.8. The van der Waals surface area contributed by atoms with Gasteiger partial charge in [-0.25, -0.2) is 9.97 Å². The smallest absolute Gasteiger partial charge is 0.276 e. The molecular weight excluding hydrogens is 852 g/mol. The van der Waals surface area contributed by atoms with Gasteiger partial charge in [-0.2, -0.15) is 0 Å². The number of aromatic nitrogens is 6. The van der Waals surface area contributed by atoms with E-state index >= 15 is 0 Å². The van der Waals surface area contributed by atoms with E-state index in [-0.39, 0.29) is 17.7 Å². The molecule has 4 aromatic heterocycles. The van der Waals surface area contributed by atoms with Gasteiger partial charge < -0.3 is 40.0 Å². The second kappa shape index (κ2) is 21.2. The number of halogens is 1. The molecule has 3 amide bonds. The summed E-state index contributed by atoms with van der Waals surface area (Å²) in [7, 11) is 0. The number of imidazole rings is 2. The number of fused-ring (bicyclic) bond motifs is 2. The lowest BCUT2D eigenvalue weighted by molar-refractivity contribution is 0.0702. The van der Waals surface area contributed by atoms with Crippen LogP contribution in [0.4, 0.5) is 11.4 Å². The number of H-pyrrole nitrogens is 2. The van der Waals surface area contributed by atoms with Crippen LogP contribution in [0, 0.1) is 6.92 Å². The fraction of sp³-hybridized carbons (Fsp3) is 0.176. The molecule has 2 aliphatic heterocycles. The number of anilines is 2. The number of carbonyl (C=O) groups is 4. The van der Waals surface area contributed by atoms with Crippen LogP contribution < -0.4 is 16.0 Å². The van der Waals surface area contributed by atoms with E-state index in [9.17, 15) is 19.2 Å². The maximum absolute atomic E-state index is 13.3. The monoisotopic (exact) mass is 900 g/mol. The molecule has 334 valence electrons. The van der Waals surface area contributed by atoms with Gasteiger partial charge in [0.15, 0.2) is 11.4 Å². The molecule has 10 rings (SSSR count). The van der Waals surface area contributed by atoms with Crippen LogP contribution in [0.25, 0.3) is 0 Å². The summed E-state index contributed by atoms with van der Waals surface area (Å²) in [5, 5.41) is 8.80. The first-order valence-corrected chi connectivity index (χ1v) is 22.0. The minimum Gasteiger partial charge on any atom is -0.358 e. The Morgan fingerprint density at radius 1 is 0.606 bits per heavy atom. The van der Waals surface area contributed by atoms with Gasteiger partial charge in [0.2, 0.25) is 0 Å². The van der Waals surface area contributed by atoms with Gasteiger partial charge >= 0.3 is 0 Å². The highest BCUT2D eigenvalue weighted by Crippen LogP contribution is 2.25. The van der Waals surface area contributed by atoms with E-state index in [1.54, 1.807) is 41.6 Å². The van der Waals surface area contributed by atoms with Gasteiger partial charge in [-0.1, -0.05) is 91.0 Å². The van der Waals surface area contributed by atoms with Crippen LogP contribution in [0.5, 0.6) is 0 Å². The number of amides is 3. The van der Waals surface area contributed by atoms with E-state index in [1.807, 2.05) is 97.9 Å². The summed E-state index contributed by atoms with van der Waals surface area (Å²) in [6, 6.07) is 44.4. The highest BCUT2D eigenvalue weighted by Gasteiger charge is 2.30. The summed E-state index contributed by atoms with van der Waals surface area (Å²) in [6.45, 7) is 5.86. The fourth-order valence-electron chi connectivity index (χ4n) is 7.90. The van der Waals surface area contributed by atoms with Gasteiger partial charge in [-0.3, -0.25) is 19.2 Å². The Kier molecular flexibility index (Phi) is 14.4. The van der Waals surface area contributed by atoms with Crippen LogP contribution in [0.2, 0.25) is 0 Å². The number of hydrogen-bond donors (Lipinski definition) is 5. The van der Waals surface area contributed by atoms with E-state index in [4.69, 9.17) is 21.6 Å². The third kappa shape index (κ3) is 11.1. The molecule has 4 aromatic carbocycles. The van der Waals surface area contributed by atoms with E-state index in [0.717, 1.165) is 65.0 Å². The Balaban J connectivity index is 0.000000158. The molecule has 0 spiro atoms. The zero-order valence-electron chi connectivity index (χ0n) is 36.3. The molecule has 0 atom stereocenters. The molecule has 0 aliphatic carbocycles. The molecule has 0 saturated heterocycles. The predicted octanol–water partition coefficient (Wildman–Crippen LogP) is 8.24. The summed E-state index contributed by atoms with van der Waals surface area (Å²) >= 11 is 5.07. The zero-order valence-corrected chi connectivity index (χ0v) is 37.1. The lowest BCUT2D eigenvalue weighted by atomic mass is 10.1. The minimum atomic E-state index is -0.449. The Hall–Kier alpha value is -7.81. The van der Waals surface area contributed by atoms with Gasteiger partial charge in [-0.15, -0.1) is 0 Å². The molecule has 0 bridgehead atoms. The quantitative estimate of drug-likeness (QED) is 0.0860. The number of nitrogens with zero attached hydrogens (tertiary/aromatic N) is 5. The summed E-state index contributed by atoms with van der Waals surface area (Å²) < 4.78 is 4.28. The van der Waals surface area contributed by atoms with Crippen molar-refractivity contribution in [1.29, 1.82) is 0 Å². The standard InChI is InChI=1S/C26H25N5O2.C20H20N4O.C5H4ClNO/c1-18-7-5-10-20(15-18)28-25(32)24-22-17-30(26(33)21-11-6-12-27-21)13-14-31(22)23(29-24)16-19-8-3-2-4-9-19;25-20(22-16-9-5-2-6-10-16)19-17-14-21-11-12-24(17)18(23-19)13-15-7-3-1-4-8-15;6-5(8)4-2-1-3-7-4/h2-12,15,27H,13-14,16-17H2,1H3,(H,28,32);1-10,21H,11-14H2,(H,22,25);1-3,7H. The van der Waals surface area contributed by atoms with Gasteiger partial charge in [0.25, 0.3) is 23.0 Å². The van der Waals surface area contributed by atoms with Crippen molar-refractivity contribution in [2.24, 2.45) is 0 Å². The highest BCUT2D eigenvalue weighted by atomic mass is 35.5. The van der Waals surface area contributed by atoms with Crippen LogP contribution >= 0.6 is 11.6 Å². The van der Waals surface area contributed by atoms with Gasteiger partial charge in [0.1, 0.15) is 17.3 Å². The first-order chi connectivity index (χ1) is 32.2. The van der Waals surface area contributed by atoms with E-state index in [0.29, 0.717) is 55.4 Å². The molecule has 6 heterocycles. The van der Waals surface area contributed by atoms with Crippen molar-refractivity contribution in [2.75, 3.05) is 23.7 Å². The van der Waals surface area contributed by atoms with E-state index in [1.165, 1.54) is 5.56 Å². The summed E-state index contributed by atoms with van der Waals surface area (Å²) in [4.78, 5) is 66.0. The largest absolute Gasteiger partial charge is 0.358 e. The van der Waals surface area contributed by atoms with Gasteiger partial charge in [0.05, 0.1) is 23.6 Å². The lowest BCUT2D eigenvalue weighted by Crippen LogP contribution is -2.39.